The number of aromatic nitrogens is 4. The number of hydrogen-bond acceptors (Lipinski definition) is 6. The summed E-state index contributed by atoms with van der Waals surface area (Å²) in [6.07, 6.45) is 1.37. The van der Waals surface area contributed by atoms with Gasteiger partial charge in [-0.1, -0.05) is 0 Å². The summed E-state index contributed by atoms with van der Waals surface area (Å²) in [5.41, 5.74) is 7.99. The highest BCUT2D eigenvalue weighted by molar-refractivity contribution is 7.89. The first-order valence-electron chi connectivity index (χ1n) is 10.1. The molecule has 0 aromatic carbocycles. The van der Waals surface area contributed by atoms with Crippen molar-refractivity contribution in [3.8, 4) is 0 Å². The molecule has 1 aliphatic rings. The zero-order valence-electron chi connectivity index (χ0n) is 18.4. The normalized spacial score (nSPS) is 15.4. The number of primary amides is 1. The Morgan fingerprint density at radius 2 is 1.69 bits per heavy atom. The molecule has 2 N–H and O–H groups in total. The van der Waals surface area contributed by atoms with E-state index in [9.17, 15) is 18.0 Å². The highest BCUT2D eigenvalue weighted by atomic mass is 32.2. The van der Waals surface area contributed by atoms with Crippen molar-refractivity contribution in [2.24, 2.45) is 19.8 Å². The Morgan fingerprint density at radius 3 is 2.28 bits per heavy atom. The zero-order chi connectivity index (χ0) is 23.4. The number of nitrogens with two attached hydrogens (primary N) is 1. The molecule has 2 amide bonds. The van der Waals surface area contributed by atoms with Crippen molar-refractivity contribution in [3.05, 3.63) is 41.0 Å². The molecule has 4 rings (SSSR count). The van der Waals surface area contributed by atoms with Gasteiger partial charge in [0, 0.05) is 51.9 Å². The molecule has 12 heteroatoms. The molecule has 3 aromatic heterocycles. The Labute approximate surface area is 185 Å². The van der Waals surface area contributed by atoms with E-state index in [0.29, 0.717) is 16.9 Å². The quantitative estimate of drug-likeness (QED) is 0.591. The summed E-state index contributed by atoms with van der Waals surface area (Å²) >= 11 is 0. The second-order valence-corrected chi connectivity index (χ2v) is 9.87. The van der Waals surface area contributed by atoms with Crippen LogP contribution in [-0.4, -0.2) is 74.9 Å². The first-order chi connectivity index (χ1) is 15.0. The van der Waals surface area contributed by atoms with Gasteiger partial charge in [-0.15, -0.1) is 0 Å². The maximum atomic E-state index is 13.2. The fourth-order valence-corrected chi connectivity index (χ4v) is 5.51. The lowest BCUT2D eigenvalue weighted by Crippen LogP contribution is -2.50. The molecule has 0 radical (unpaired) electrons. The van der Waals surface area contributed by atoms with E-state index in [1.807, 2.05) is 14.0 Å². The van der Waals surface area contributed by atoms with Gasteiger partial charge < -0.3 is 15.2 Å². The summed E-state index contributed by atoms with van der Waals surface area (Å²) in [6.45, 7) is 4.44. The molecule has 32 heavy (non-hydrogen) atoms. The summed E-state index contributed by atoms with van der Waals surface area (Å²) in [6, 6.07) is 3.08. The van der Waals surface area contributed by atoms with Gasteiger partial charge in [-0.25, -0.2) is 13.4 Å². The van der Waals surface area contributed by atoms with Crippen LogP contribution in [-0.2, 0) is 24.1 Å². The number of aryl methyl sites for hydroxylation is 4. The number of amides is 2. The molecular formula is C20H25N7O4S. The molecule has 3 aromatic rings. The number of piperazine rings is 1. The van der Waals surface area contributed by atoms with Crippen LogP contribution >= 0.6 is 0 Å². The number of nitrogens with zero attached hydrogens (tertiary/aromatic N) is 6. The van der Waals surface area contributed by atoms with E-state index in [1.54, 1.807) is 29.6 Å². The van der Waals surface area contributed by atoms with Gasteiger partial charge in [0.25, 0.3) is 11.8 Å². The third-order valence-corrected chi connectivity index (χ3v) is 7.68. The van der Waals surface area contributed by atoms with Crippen LogP contribution < -0.4 is 5.73 Å². The van der Waals surface area contributed by atoms with Crippen LogP contribution in [0.15, 0.2) is 23.2 Å². The van der Waals surface area contributed by atoms with Crippen LogP contribution in [0.2, 0.25) is 0 Å². The van der Waals surface area contributed by atoms with Crippen molar-refractivity contribution in [2.75, 3.05) is 26.2 Å². The Morgan fingerprint density at radius 1 is 1.03 bits per heavy atom. The lowest BCUT2D eigenvalue weighted by atomic mass is 10.1. The molecule has 0 unspecified atom stereocenters. The fraction of sp³-hybridized carbons (Fsp3) is 0.400. The summed E-state index contributed by atoms with van der Waals surface area (Å²) in [5, 5.41) is 5.17. The molecule has 0 saturated carbocycles. The van der Waals surface area contributed by atoms with Crippen molar-refractivity contribution >= 4 is 32.9 Å². The predicted octanol–water partition coefficient (Wildman–Crippen LogP) is 0.169. The molecule has 11 nitrogen and oxygen atoms in total. The maximum absolute atomic E-state index is 13.2. The topological polar surface area (TPSA) is 136 Å². The van der Waals surface area contributed by atoms with Crippen molar-refractivity contribution in [2.45, 2.75) is 18.7 Å². The molecule has 1 saturated heterocycles. The number of hydrogen-bond donors (Lipinski definition) is 1. The predicted molar refractivity (Wildman–Crippen MR) is 117 cm³/mol. The van der Waals surface area contributed by atoms with Gasteiger partial charge in [0.2, 0.25) is 10.0 Å². The molecule has 4 heterocycles. The van der Waals surface area contributed by atoms with Crippen LogP contribution in [0, 0.1) is 13.8 Å². The number of carbonyl (C=O) groups excluding carboxylic acids is 2. The lowest BCUT2D eigenvalue weighted by Gasteiger charge is -2.34. The van der Waals surface area contributed by atoms with Crippen LogP contribution in [0.4, 0.5) is 0 Å². The number of fused-ring (bicyclic) bond motifs is 1. The van der Waals surface area contributed by atoms with Gasteiger partial charge in [-0.2, -0.15) is 9.40 Å². The first kappa shape index (κ1) is 22.0. The van der Waals surface area contributed by atoms with Crippen LogP contribution in [0.5, 0.6) is 0 Å². The smallest absolute Gasteiger partial charge is 0.265 e. The standard InChI is InChI=1S/C20H25N7O4S/c1-12-16(10-15-13(2)23-25(4)19(15)22-12)20(29)26-5-7-27(8-6-26)32(30,31)14-9-17(18(21)28)24(3)11-14/h9-11H,5-8H2,1-4H3,(H2,21,28). The van der Waals surface area contributed by atoms with Crippen LogP contribution in [0.1, 0.15) is 32.2 Å². The minimum atomic E-state index is -3.81. The number of pyridine rings is 1. The lowest BCUT2D eigenvalue weighted by molar-refractivity contribution is 0.0696. The number of rotatable bonds is 4. The van der Waals surface area contributed by atoms with Crippen molar-refractivity contribution in [3.63, 3.8) is 0 Å². The summed E-state index contributed by atoms with van der Waals surface area (Å²) < 4.78 is 30.4. The molecule has 0 atom stereocenters. The van der Waals surface area contributed by atoms with E-state index >= 15 is 0 Å². The summed E-state index contributed by atoms with van der Waals surface area (Å²) in [4.78, 5) is 30.8. The molecule has 0 spiro atoms. The van der Waals surface area contributed by atoms with Gasteiger partial charge in [0.05, 0.1) is 17.0 Å². The van der Waals surface area contributed by atoms with Crippen molar-refractivity contribution < 1.29 is 18.0 Å². The highest BCUT2D eigenvalue weighted by Crippen LogP contribution is 2.23. The highest BCUT2D eigenvalue weighted by Gasteiger charge is 2.32. The number of carbonyl (C=O) groups is 2. The average Bonchev–Trinajstić information content (AvgIpc) is 3.27. The third-order valence-electron chi connectivity index (χ3n) is 5.82. The maximum Gasteiger partial charge on any atom is 0.265 e. The van der Waals surface area contributed by atoms with Crippen molar-refractivity contribution in [1.29, 1.82) is 0 Å². The van der Waals surface area contributed by atoms with E-state index in [4.69, 9.17) is 5.73 Å². The Bertz CT molecular complexity index is 1350. The molecule has 0 aliphatic carbocycles. The molecule has 1 fully saturated rings. The summed E-state index contributed by atoms with van der Waals surface area (Å²) in [7, 11) is -0.437. The molecule has 0 bridgehead atoms. The zero-order valence-corrected chi connectivity index (χ0v) is 19.2. The second-order valence-electron chi connectivity index (χ2n) is 7.93. The summed E-state index contributed by atoms with van der Waals surface area (Å²) in [5.74, 6) is -0.887. The Balaban J connectivity index is 1.52. The van der Waals surface area contributed by atoms with Crippen molar-refractivity contribution in [1.82, 2.24) is 28.5 Å². The Kier molecular flexibility index (Phi) is 5.29. The Hall–Kier alpha value is -3.25. The van der Waals surface area contributed by atoms with Gasteiger partial charge in [0.15, 0.2) is 5.65 Å². The minimum absolute atomic E-state index is 0.00567. The van der Waals surface area contributed by atoms with Gasteiger partial charge in [-0.3, -0.25) is 14.3 Å². The van der Waals surface area contributed by atoms with Gasteiger partial charge >= 0.3 is 0 Å². The SMILES string of the molecule is Cc1nc2c(cc1C(=O)N1CCN(S(=O)(=O)c3cc(C(N)=O)n(C)c3)CC1)c(C)nn2C. The monoisotopic (exact) mass is 459 g/mol. The van der Waals surface area contributed by atoms with Gasteiger partial charge in [-0.05, 0) is 26.0 Å². The largest absolute Gasteiger partial charge is 0.364 e. The van der Waals surface area contributed by atoms with Gasteiger partial charge in [0.1, 0.15) is 10.6 Å². The van der Waals surface area contributed by atoms with E-state index in [2.05, 4.69) is 10.1 Å². The fourth-order valence-electron chi connectivity index (χ4n) is 4.02. The van der Waals surface area contributed by atoms with E-state index in [-0.39, 0.29) is 42.7 Å². The molecule has 1 aliphatic heterocycles. The van der Waals surface area contributed by atoms with Crippen LogP contribution in [0.3, 0.4) is 0 Å². The van der Waals surface area contributed by atoms with E-state index in [1.165, 1.54) is 21.1 Å². The second kappa shape index (κ2) is 7.71. The molecule has 170 valence electrons. The third kappa shape index (κ3) is 3.54. The number of sulfonamides is 1. The van der Waals surface area contributed by atoms with Crippen LogP contribution in [0.25, 0.3) is 11.0 Å². The first-order valence-corrected chi connectivity index (χ1v) is 11.5. The minimum Gasteiger partial charge on any atom is -0.364 e. The van der Waals surface area contributed by atoms with E-state index in [0.717, 1.165) is 11.1 Å². The average molecular weight is 460 g/mol. The molecular weight excluding hydrogens is 434 g/mol. The van der Waals surface area contributed by atoms with E-state index < -0.39 is 15.9 Å².